The molecule has 0 saturated heterocycles. The second kappa shape index (κ2) is 7.23. The van der Waals surface area contributed by atoms with Crippen LogP contribution in [0, 0.1) is 0 Å². The molecule has 6 nitrogen and oxygen atoms in total. The molecule has 0 amide bonds. The van der Waals surface area contributed by atoms with Gasteiger partial charge in [-0.1, -0.05) is 11.6 Å². The normalized spacial score (nSPS) is 10.5. The summed E-state index contributed by atoms with van der Waals surface area (Å²) in [6.07, 6.45) is 0. The number of halogens is 1. The number of nitrogens with zero attached hydrogens (tertiary/aromatic N) is 2. The number of aromatic nitrogens is 2. The molecule has 124 valence electrons. The van der Waals surface area contributed by atoms with E-state index in [4.69, 9.17) is 25.5 Å². The van der Waals surface area contributed by atoms with E-state index in [1.54, 1.807) is 26.4 Å². The third-order valence-corrected chi connectivity index (χ3v) is 3.65. The van der Waals surface area contributed by atoms with E-state index >= 15 is 0 Å². The molecule has 1 heterocycles. The highest BCUT2D eigenvalue weighted by atomic mass is 35.5. The Labute approximate surface area is 144 Å². The first-order chi connectivity index (χ1) is 11.7. The first-order valence-corrected chi connectivity index (χ1v) is 7.61. The van der Waals surface area contributed by atoms with Crippen molar-refractivity contribution in [3.05, 3.63) is 53.4 Å². The van der Waals surface area contributed by atoms with Crippen LogP contribution < -0.4 is 14.8 Å². The predicted octanol–water partition coefficient (Wildman–Crippen LogP) is 4.02. The van der Waals surface area contributed by atoms with Crippen LogP contribution in [-0.4, -0.2) is 24.4 Å². The van der Waals surface area contributed by atoms with E-state index in [0.717, 1.165) is 17.0 Å². The van der Waals surface area contributed by atoms with Gasteiger partial charge in [-0.25, -0.2) is 0 Å². The zero-order valence-electron chi connectivity index (χ0n) is 13.2. The van der Waals surface area contributed by atoms with Crippen molar-refractivity contribution < 1.29 is 13.9 Å². The molecule has 3 aromatic rings. The molecule has 0 radical (unpaired) electrons. The third kappa shape index (κ3) is 3.60. The van der Waals surface area contributed by atoms with E-state index in [1.807, 2.05) is 30.3 Å². The maximum absolute atomic E-state index is 5.88. The van der Waals surface area contributed by atoms with Crippen molar-refractivity contribution in [2.24, 2.45) is 0 Å². The SMILES string of the molecule is COc1ccc(OC)c(NCc2nnc(-c3ccc(Cl)cc3)o2)c1. The molecule has 0 aliphatic carbocycles. The molecule has 1 aromatic heterocycles. The van der Waals surface area contributed by atoms with E-state index in [2.05, 4.69) is 15.5 Å². The van der Waals surface area contributed by atoms with Crippen LogP contribution in [0.1, 0.15) is 5.89 Å². The van der Waals surface area contributed by atoms with Gasteiger partial charge in [-0.3, -0.25) is 0 Å². The average molecular weight is 346 g/mol. The predicted molar refractivity (Wildman–Crippen MR) is 91.6 cm³/mol. The second-order valence-electron chi connectivity index (χ2n) is 4.93. The Morgan fingerprint density at radius 1 is 1.04 bits per heavy atom. The van der Waals surface area contributed by atoms with Gasteiger partial charge in [0.05, 0.1) is 26.5 Å². The Hall–Kier alpha value is -2.73. The summed E-state index contributed by atoms with van der Waals surface area (Å²) in [6.45, 7) is 0.365. The van der Waals surface area contributed by atoms with Crippen LogP contribution in [0.4, 0.5) is 5.69 Å². The molecular weight excluding hydrogens is 330 g/mol. The van der Waals surface area contributed by atoms with Gasteiger partial charge in [-0.2, -0.15) is 0 Å². The summed E-state index contributed by atoms with van der Waals surface area (Å²) in [5.74, 6) is 2.34. The minimum atomic E-state index is 0.365. The van der Waals surface area contributed by atoms with Crippen molar-refractivity contribution in [2.45, 2.75) is 6.54 Å². The van der Waals surface area contributed by atoms with Crippen molar-refractivity contribution >= 4 is 17.3 Å². The van der Waals surface area contributed by atoms with Crippen LogP contribution in [-0.2, 0) is 6.54 Å². The molecule has 0 fully saturated rings. The van der Waals surface area contributed by atoms with E-state index in [-0.39, 0.29) is 0 Å². The summed E-state index contributed by atoms with van der Waals surface area (Å²) in [7, 11) is 3.22. The number of nitrogens with one attached hydrogen (secondary N) is 1. The average Bonchev–Trinajstić information content (AvgIpc) is 3.09. The fourth-order valence-electron chi connectivity index (χ4n) is 2.16. The van der Waals surface area contributed by atoms with Crippen molar-refractivity contribution in [3.63, 3.8) is 0 Å². The fraction of sp³-hybridized carbons (Fsp3) is 0.176. The van der Waals surface area contributed by atoms with Gasteiger partial charge >= 0.3 is 0 Å². The summed E-state index contributed by atoms with van der Waals surface area (Å²) in [6, 6.07) is 12.7. The van der Waals surface area contributed by atoms with Gasteiger partial charge in [0.25, 0.3) is 0 Å². The summed E-state index contributed by atoms with van der Waals surface area (Å²) in [5.41, 5.74) is 1.60. The number of benzene rings is 2. The highest BCUT2D eigenvalue weighted by molar-refractivity contribution is 6.30. The molecule has 7 heteroatoms. The molecule has 24 heavy (non-hydrogen) atoms. The Balaban J connectivity index is 1.73. The Morgan fingerprint density at radius 3 is 2.54 bits per heavy atom. The largest absolute Gasteiger partial charge is 0.497 e. The zero-order chi connectivity index (χ0) is 16.9. The smallest absolute Gasteiger partial charge is 0.247 e. The summed E-state index contributed by atoms with van der Waals surface area (Å²) in [5, 5.41) is 12.0. The summed E-state index contributed by atoms with van der Waals surface area (Å²) >= 11 is 5.88. The lowest BCUT2D eigenvalue weighted by Crippen LogP contribution is -2.02. The first kappa shape index (κ1) is 16.1. The lowest BCUT2D eigenvalue weighted by molar-refractivity contribution is 0.404. The molecule has 1 N–H and O–H groups in total. The standard InChI is InChI=1S/C17H16ClN3O3/c1-22-13-7-8-15(23-2)14(9-13)19-10-16-20-21-17(24-16)11-3-5-12(18)6-4-11/h3-9,19H,10H2,1-2H3. The van der Waals surface area contributed by atoms with Crippen LogP contribution in [0.15, 0.2) is 46.9 Å². The van der Waals surface area contributed by atoms with Crippen LogP contribution in [0.2, 0.25) is 5.02 Å². The van der Waals surface area contributed by atoms with Gasteiger partial charge in [-0.05, 0) is 36.4 Å². The van der Waals surface area contributed by atoms with Gasteiger partial charge in [-0.15, -0.1) is 10.2 Å². The lowest BCUT2D eigenvalue weighted by atomic mass is 10.2. The Morgan fingerprint density at radius 2 is 1.83 bits per heavy atom. The maximum Gasteiger partial charge on any atom is 0.247 e. The maximum atomic E-state index is 5.88. The van der Waals surface area contributed by atoms with E-state index < -0.39 is 0 Å². The summed E-state index contributed by atoms with van der Waals surface area (Å²) in [4.78, 5) is 0. The molecule has 0 spiro atoms. The minimum absolute atomic E-state index is 0.365. The van der Waals surface area contributed by atoms with E-state index in [1.165, 1.54) is 0 Å². The molecule has 2 aromatic carbocycles. The number of rotatable bonds is 6. The van der Waals surface area contributed by atoms with Gasteiger partial charge < -0.3 is 19.2 Å². The highest BCUT2D eigenvalue weighted by Crippen LogP contribution is 2.29. The number of ether oxygens (including phenoxy) is 2. The molecular formula is C17H16ClN3O3. The van der Waals surface area contributed by atoms with Crippen LogP contribution >= 0.6 is 11.6 Å². The molecule has 0 atom stereocenters. The van der Waals surface area contributed by atoms with E-state index in [9.17, 15) is 0 Å². The molecule has 3 rings (SSSR count). The quantitative estimate of drug-likeness (QED) is 0.727. The van der Waals surface area contributed by atoms with Gasteiger partial charge in [0.15, 0.2) is 0 Å². The van der Waals surface area contributed by atoms with Crippen LogP contribution in [0.3, 0.4) is 0 Å². The highest BCUT2D eigenvalue weighted by Gasteiger charge is 2.10. The Bertz CT molecular complexity index is 818. The number of hydrogen-bond acceptors (Lipinski definition) is 6. The third-order valence-electron chi connectivity index (χ3n) is 3.39. The fourth-order valence-corrected chi connectivity index (χ4v) is 2.28. The zero-order valence-corrected chi connectivity index (χ0v) is 14.0. The van der Waals surface area contributed by atoms with Crippen molar-refractivity contribution in [1.82, 2.24) is 10.2 Å². The van der Waals surface area contributed by atoms with E-state index in [0.29, 0.717) is 29.1 Å². The topological polar surface area (TPSA) is 69.4 Å². The summed E-state index contributed by atoms with van der Waals surface area (Å²) < 4.78 is 16.2. The molecule has 0 aliphatic rings. The number of hydrogen-bond donors (Lipinski definition) is 1. The van der Waals surface area contributed by atoms with Crippen molar-refractivity contribution in [3.8, 4) is 23.0 Å². The molecule has 0 unspecified atom stereocenters. The minimum Gasteiger partial charge on any atom is -0.497 e. The van der Waals surface area contributed by atoms with Crippen molar-refractivity contribution in [2.75, 3.05) is 19.5 Å². The van der Waals surface area contributed by atoms with Crippen molar-refractivity contribution in [1.29, 1.82) is 0 Å². The van der Waals surface area contributed by atoms with Crippen LogP contribution in [0.5, 0.6) is 11.5 Å². The van der Waals surface area contributed by atoms with Gasteiger partial charge in [0.1, 0.15) is 11.5 Å². The monoisotopic (exact) mass is 345 g/mol. The van der Waals surface area contributed by atoms with Gasteiger partial charge in [0, 0.05) is 16.7 Å². The molecule has 0 saturated carbocycles. The lowest BCUT2D eigenvalue weighted by Gasteiger charge is -2.11. The van der Waals surface area contributed by atoms with Crippen LogP contribution in [0.25, 0.3) is 11.5 Å². The Kier molecular flexibility index (Phi) is 4.86. The second-order valence-corrected chi connectivity index (χ2v) is 5.36. The van der Waals surface area contributed by atoms with Gasteiger partial charge in [0.2, 0.25) is 11.8 Å². The first-order valence-electron chi connectivity index (χ1n) is 7.24. The molecule has 0 bridgehead atoms. The number of anilines is 1. The molecule has 0 aliphatic heterocycles. The number of methoxy groups -OCH3 is 2.